The van der Waals surface area contributed by atoms with Crippen LogP contribution in [0.1, 0.15) is 18.4 Å². The molecular weight excluding hydrogens is 250 g/mol. The molecule has 1 aliphatic rings. The molecule has 1 aromatic carbocycles. The summed E-state index contributed by atoms with van der Waals surface area (Å²) in [4.78, 5) is 0.167. The van der Waals surface area contributed by atoms with Crippen molar-refractivity contribution in [3.8, 4) is 6.07 Å². The van der Waals surface area contributed by atoms with Crippen molar-refractivity contribution in [3.05, 3.63) is 29.8 Å². The topological polar surface area (TPSA) is 96.0 Å². The van der Waals surface area contributed by atoms with Crippen molar-refractivity contribution in [1.29, 1.82) is 5.26 Å². The first-order valence-electron chi connectivity index (χ1n) is 5.79. The third-order valence-corrected chi connectivity index (χ3v) is 4.55. The number of rotatable bonds is 5. The molecule has 6 heteroatoms. The highest BCUT2D eigenvalue weighted by atomic mass is 32.2. The monoisotopic (exact) mass is 265 g/mol. The number of benzene rings is 1. The fourth-order valence-corrected chi connectivity index (χ4v) is 3.13. The zero-order valence-corrected chi connectivity index (χ0v) is 10.7. The van der Waals surface area contributed by atoms with E-state index in [2.05, 4.69) is 4.72 Å². The van der Waals surface area contributed by atoms with Crippen molar-refractivity contribution in [2.24, 2.45) is 11.7 Å². The van der Waals surface area contributed by atoms with Crippen LogP contribution in [0.15, 0.2) is 29.2 Å². The lowest BCUT2D eigenvalue weighted by molar-refractivity contribution is 0.519. The molecule has 0 radical (unpaired) electrons. The van der Waals surface area contributed by atoms with Crippen LogP contribution in [0.2, 0.25) is 0 Å². The van der Waals surface area contributed by atoms with Crippen LogP contribution in [0.3, 0.4) is 0 Å². The lowest BCUT2D eigenvalue weighted by Crippen LogP contribution is -2.41. The summed E-state index contributed by atoms with van der Waals surface area (Å²) < 4.78 is 26.8. The van der Waals surface area contributed by atoms with E-state index in [1.54, 1.807) is 0 Å². The summed E-state index contributed by atoms with van der Waals surface area (Å²) in [7, 11) is -3.54. The second kappa shape index (κ2) is 5.06. The van der Waals surface area contributed by atoms with Gasteiger partial charge in [0.15, 0.2) is 0 Å². The first-order chi connectivity index (χ1) is 8.56. The predicted octanol–water partition coefficient (Wildman–Crippen LogP) is 0.574. The van der Waals surface area contributed by atoms with Gasteiger partial charge >= 0.3 is 0 Å². The molecule has 0 aromatic heterocycles. The Morgan fingerprint density at radius 3 is 2.44 bits per heavy atom. The summed E-state index contributed by atoms with van der Waals surface area (Å²) >= 11 is 0. The highest BCUT2D eigenvalue weighted by molar-refractivity contribution is 7.89. The first kappa shape index (κ1) is 13.0. The predicted molar refractivity (Wildman–Crippen MR) is 67.0 cm³/mol. The van der Waals surface area contributed by atoms with Crippen LogP contribution in [0.4, 0.5) is 0 Å². The number of sulfonamides is 1. The number of nitrogens with zero attached hydrogens (tertiary/aromatic N) is 1. The Morgan fingerprint density at radius 1 is 1.39 bits per heavy atom. The van der Waals surface area contributed by atoms with Gasteiger partial charge in [0.1, 0.15) is 0 Å². The maximum Gasteiger partial charge on any atom is 0.240 e. The number of nitrogens with one attached hydrogen (secondary N) is 1. The Labute approximate surface area is 107 Å². The minimum absolute atomic E-state index is 0.167. The summed E-state index contributed by atoms with van der Waals surface area (Å²) in [5.74, 6) is 0.364. The van der Waals surface area contributed by atoms with Gasteiger partial charge in [-0.2, -0.15) is 5.26 Å². The molecule has 96 valence electrons. The van der Waals surface area contributed by atoms with Gasteiger partial charge in [0, 0.05) is 12.6 Å². The summed E-state index contributed by atoms with van der Waals surface area (Å²) in [5, 5.41) is 8.66. The van der Waals surface area contributed by atoms with Crippen molar-refractivity contribution < 1.29 is 8.42 Å². The van der Waals surface area contributed by atoms with E-state index in [0.29, 0.717) is 18.0 Å². The zero-order valence-electron chi connectivity index (χ0n) is 9.83. The van der Waals surface area contributed by atoms with Crippen LogP contribution in [0.25, 0.3) is 0 Å². The van der Waals surface area contributed by atoms with E-state index in [4.69, 9.17) is 11.0 Å². The minimum atomic E-state index is -3.54. The van der Waals surface area contributed by atoms with Crippen LogP contribution in [0.5, 0.6) is 0 Å². The maximum absolute atomic E-state index is 12.1. The first-order valence-corrected chi connectivity index (χ1v) is 7.27. The number of hydrogen-bond donors (Lipinski definition) is 2. The molecule has 18 heavy (non-hydrogen) atoms. The van der Waals surface area contributed by atoms with E-state index in [-0.39, 0.29) is 10.9 Å². The maximum atomic E-state index is 12.1. The Balaban J connectivity index is 2.16. The fraction of sp³-hybridized carbons (Fsp3) is 0.417. The Kier molecular flexibility index (Phi) is 3.66. The van der Waals surface area contributed by atoms with Gasteiger partial charge in [0.2, 0.25) is 10.0 Å². The third-order valence-electron chi connectivity index (χ3n) is 3.05. The van der Waals surface area contributed by atoms with E-state index in [1.807, 2.05) is 6.07 Å². The molecule has 0 heterocycles. The molecule has 1 unspecified atom stereocenters. The van der Waals surface area contributed by atoms with Crippen molar-refractivity contribution in [1.82, 2.24) is 4.72 Å². The minimum Gasteiger partial charge on any atom is -0.329 e. The van der Waals surface area contributed by atoms with Gasteiger partial charge in [0.05, 0.1) is 16.5 Å². The van der Waals surface area contributed by atoms with Gasteiger partial charge in [-0.15, -0.1) is 0 Å². The highest BCUT2D eigenvalue weighted by Crippen LogP contribution is 2.32. The van der Waals surface area contributed by atoms with Crippen LogP contribution in [-0.4, -0.2) is 21.0 Å². The number of nitriles is 1. The second-order valence-corrected chi connectivity index (χ2v) is 6.15. The van der Waals surface area contributed by atoms with Gasteiger partial charge < -0.3 is 5.73 Å². The average molecular weight is 265 g/mol. The van der Waals surface area contributed by atoms with Crippen LogP contribution >= 0.6 is 0 Å². The smallest absolute Gasteiger partial charge is 0.240 e. The van der Waals surface area contributed by atoms with Crippen molar-refractivity contribution in [2.45, 2.75) is 23.8 Å². The molecule has 0 bridgehead atoms. The molecule has 1 aliphatic carbocycles. The molecule has 0 amide bonds. The van der Waals surface area contributed by atoms with Crippen molar-refractivity contribution >= 4 is 10.0 Å². The lowest BCUT2D eigenvalue weighted by atomic mass is 10.2. The molecule has 2 rings (SSSR count). The molecule has 5 nitrogen and oxygen atoms in total. The molecule has 1 atom stereocenters. The molecule has 1 fully saturated rings. The third kappa shape index (κ3) is 2.88. The van der Waals surface area contributed by atoms with E-state index < -0.39 is 10.0 Å². The molecule has 0 aliphatic heterocycles. The summed E-state index contributed by atoms with van der Waals surface area (Å²) in [6, 6.07) is 7.60. The highest BCUT2D eigenvalue weighted by Gasteiger charge is 2.33. The molecular formula is C12H15N3O2S. The van der Waals surface area contributed by atoms with E-state index >= 15 is 0 Å². The Bertz CT molecular complexity index is 556. The van der Waals surface area contributed by atoms with Gasteiger partial charge in [-0.05, 0) is 43.0 Å². The molecule has 1 aromatic rings. The molecule has 0 spiro atoms. The Hall–Kier alpha value is -1.42. The zero-order chi connectivity index (χ0) is 13.2. The Morgan fingerprint density at radius 2 is 2.00 bits per heavy atom. The van der Waals surface area contributed by atoms with Gasteiger partial charge in [-0.1, -0.05) is 0 Å². The fourth-order valence-electron chi connectivity index (χ4n) is 1.81. The second-order valence-electron chi connectivity index (χ2n) is 4.44. The summed E-state index contributed by atoms with van der Waals surface area (Å²) in [5.41, 5.74) is 6.01. The normalized spacial score (nSPS) is 17.1. The summed E-state index contributed by atoms with van der Waals surface area (Å²) in [6.45, 7) is 0.306. The molecule has 3 N–H and O–H groups in total. The van der Waals surface area contributed by atoms with Crippen molar-refractivity contribution in [3.63, 3.8) is 0 Å². The number of hydrogen-bond acceptors (Lipinski definition) is 4. The quantitative estimate of drug-likeness (QED) is 0.813. The van der Waals surface area contributed by atoms with Crippen LogP contribution in [-0.2, 0) is 10.0 Å². The largest absolute Gasteiger partial charge is 0.329 e. The molecule has 0 saturated heterocycles. The van der Waals surface area contributed by atoms with Crippen LogP contribution in [0, 0.1) is 17.2 Å². The van der Waals surface area contributed by atoms with Gasteiger partial charge in [-0.3, -0.25) is 0 Å². The van der Waals surface area contributed by atoms with Gasteiger partial charge in [-0.25, -0.2) is 13.1 Å². The standard InChI is InChI=1S/C12H15N3O2S/c13-7-9-1-5-11(6-2-9)18(16,17)15-12(8-14)10-3-4-10/h1-2,5-6,10,12,15H,3-4,8,14H2. The molecule has 1 saturated carbocycles. The SMILES string of the molecule is N#Cc1ccc(S(=O)(=O)NC(CN)C2CC2)cc1. The average Bonchev–Trinajstić information content (AvgIpc) is 3.20. The van der Waals surface area contributed by atoms with E-state index in [9.17, 15) is 8.42 Å². The lowest BCUT2D eigenvalue weighted by Gasteiger charge is -2.16. The van der Waals surface area contributed by atoms with Gasteiger partial charge in [0.25, 0.3) is 0 Å². The summed E-state index contributed by atoms with van der Waals surface area (Å²) in [6.07, 6.45) is 2.05. The van der Waals surface area contributed by atoms with Crippen LogP contribution < -0.4 is 10.5 Å². The van der Waals surface area contributed by atoms with E-state index in [1.165, 1.54) is 24.3 Å². The van der Waals surface area contributed by atoms with E-state index in [0.717, 1.165) is 12.8 Å². The van der Waals surface area contributed by atoms with Crippen molar-refractivity contribution in [2.75, 3.05) is 6.54 Å². The number of nitrogens with two attached hydrogens (primary N) is 1.